The zero-order valence-corrected chi connectivity index (χ0v) is 46.5. The zero-order valence-electron chi connectivity index (χ0n) is 45.7. The Morgan fingerprint density at radius 1 is 0.377 bits per heavy atom. The third-order valence-electron chi connectivity index (χ3n) is 13.9. The Morgan fingerprint density at radius 3 is 1.35 bits per heavy atom. The van der Waals surface area contributed by atoms with Gasteiger partial charge in [-0.3, -0.25) is 0 Å². The molecule has 2 nitrogen and oxygen atoms in total. The summed E-state index contributed by atoms with van der Waals surface area (Å²) >= 11 is 1.89. The average molecular weight is 1020 g/mol. The van der Waals surface area contributed by atoms with E-state index in [-0.39, 0.29) is 0 Å². The highest BCUT2D eigenvalue weighted by atomic mass is 32.1. The first kappa shape index (κ1) is 53.1. The molecule has 0 unspecified atom stereocenters. The number of nitrogens with zero attached hydrogens (tertiary/aromatic N) is 2. The van der Waals surface area contributed by atoms with Crippen molar-refractivity contribution < 1.29 is 0 Å². The molecule has 0 aliphatic rings. The molecule has 13 aromatic rings. The van der Waals surface area contributed by atoms with Crippen molar-refractivity contribution in [1.29, 1.82) is 0 Å². The van der Waals surface area contributed by atoms with Crippen molar-refractivity contribution in [2.45, 2.75) is 55.4 Å². The molecule has 0 bridgehead atoms. The van der Waals surface area contributed by atoms with Gasteiger partial charge in [-0.25, -0.2) is 0 Å². The van der Waals surface area contributed by atoms with E-state index in [9.17, 15) is 0 Å². The van der Waals surface area contributed by atoms with Crippen LogP contribution in [0.5, 0.6) is 0 Å². The fourth-order valence-electron chi connectivity index (χ4n) is 9.90. The second-order valence-corrected chi connectivity index (χ2v) is 19.5. The maximum Gasteiger partial charge on any atom is 0.0634 e. The summed E-state index contributed by atoms with van der Waals surface area (Å²) in [6, 6.07) is 92.4. The van der Waals surface area contributed by atoms with Crippen LogP contribution in [0.2, 0.25) is 0 Å². The van der Waals surface area contributed by atoms with Crippen molar-refractivity contribution in [2.24, 2.45) is 0 Å². The van der Waals surface area contributed by atoms with Gasteiger partial charge in [0.15, 0.2) is 0 Å². The Bertz CT molecular complexity index is 3920. The van der Waals surface area contributed by atoms with E-state index in [2.05, 4.69) is 278 Å². The van der Waals surface area contributed by atoms with Crippen molar-refractivity contribution in [3.63, 3.8) is 0 Å². The molecule has 0 fully saturated rings. The third-order valence-corrected chi connectivity index (χ3v) is 15.1. The minimum atomic E-state index is 1.10. The largest absolute Gasteiger partial charge is 0.311 e. The molecule has 0 aliphatic carbocycles. The molecule has 0 aliphatic heterocycles. The molecule has 0 saturated carbocycles. The number of aromatic nitrogens is 1. The number of benzene rings is 11. The van der Waals surface area contributed by atoms with Crippen LogP contribution >= 0.6 is 11.3 Å². The first-order valence-corrected chi connectivity index (χ1v) is 28.0. The van der Waals surface area contributed by atoms with E-state index in [1.54, 1.807) is 0 Å². The molecule has 2 aromatic heterocycles. The number of para-hydroxylation sites is 1. The molecule has 0 atom stereocenters. The molecular weight excluding hydrogens is 949 g/mol. The molecule has 3 heteroatoms. The number of allylic oxidation sites excluding steroid dienone is 2. The fraction of sp³-hybridized carbons (Fsp3) is 0.108. The topological polar surface area (TPSA) is 8.17 Å². The minimum absolute atomic E-state index is 1.10. The van der Waals surface area contributed by atoms with Gasteiger partial charge in [0, 0.05) is 59.3 Å². The van der Waals surface area contributed by atoms with E-state index in [4.69, 9.17) is 0 Å². The maximum atomic E-state index is 2.50. The minimum Gasteiger partial charge on any atom is -0.311 e. The van der Waals surface area contributed by atoms with Crippen LogP contribution in [-0.2, 0) is 0 Å². The predicted octanol–water partition coefficient (Wildman–Crippen LogP) is 22.7. The highest BCUT2D eigenvalue weighted by Gasteiger charge is 2.22. The fourth-order valence-corrected chi connectivity index (χ4v) is 11.1. The van der Waals surface area contributed by atoms with Crippen molar-refractivity contribution in [2.75, 3.05) is 4.90 Å². The van der Waals surface area contributed by atoms with Gasteiger partial charge in [-0.1, -0.05) is 228 Å². The van der Waals surface area contributed by atoms with Crippen molar-refractivity contribution in [1.82, 2.24) is 4.57 Å². The van der Waals surface area contributed by atoms with Crippen LogP contribution in [0.15, 0.2) is 267 Å². The van der Waals surface area contributed by atoms with Crippen molar-refractivity contribution in [3.05, 3.63) is 278 Å². The Balaban J connectivity index is 0.000000398. The van der Waals surface area contributed by atoms with Gasteiger partial charge in [-0.05, 0) is 144 Å². The van der Waals surface area contributed by atoms with Gasteiger partial charge >= 0.3 is 0 Å². The molecule has 0 amide bonds. The molecule has 2 heterocycles. The molecule has 13 rings (SSSR count). The molecule has 0 saturated heterocycles. The molecule has 77 heavy (non-hydrogen) atoms. The monoisotopic (exact) mass is 1020 g/mol. The molecule has 0 radical (unpaired) electrons. The van der Waals surface area contributed by atoms with Gasteiger partial charge in [0.2, 0.25) is 0 Å². The van der Waals surface area contributed by atoms with E-state index < -0.39 is 0 Å². The second-order valence-electron chi connectivity index (χ2n) is 18.5. The predicted molar refractivity (Wildman–Crippen MR) is 341 cm³/mol. The highest BCUT2D eigenvalue weighted by molar-refractivity contribution is 7.26. The first-order valence-electron chi connectivity index (χ1n) is 27.1. The third kappa shape index (κ3) is 11.3. The van der Waals surface area contributed by atoms with E-state index in [0.717, 1.165) is 17.1 Å². The van der Waals surface area contributed by atoms with E-state index in [1.807, 2.05) is 65.0 Å². The van der Waals surface area contributed by atoms with Gasteiger partial charge in [0.25, 0.3) is 0 Å². The number of thiophene rings is 1. The summed E-state index contributed by atoms with van der Waals surface area (Å²) in [5, 5.41) is 7.60. The summed E-state index contributed by atoms with van der Waals surface area (Å²) in [5.41, 5.74) is 17.0. The van der Waals surface area contributed by atoms with Gasteiger partial charge in [0.05, 0.1) is 11.0 Å². The normalized spacial score (nSPS) is 10.8. The van der Waals surface area contributed by atoms with Crippen molar-refractivity contribution in [3.8, 4) is 39.1 Å². The van der Waals surface area contributed by atoms with Gasteiger partial charge < -0.3 is 9.47 Å². The number of hydrogen-bond acceptors (Lipinski definition) is 2. The summed E-state index contributed by atoms with van der Waals surface area (Å²) < 4.78 is 5.09. The van der Waals surface area contributed by atoms with E-state index in [0.29, 0.717) is 0 Å². The number of rotatable bonds is 7. The summed E-state index contributed by atoms with van der Waals surface area (Å²) in [6.07, 6.45) is 4.00. The summed E-state index contributed by atoms with van der Waals surface area (Å²) in [6.45, 7) is 16.2. The van der Waals surface area contributed by atoms with Crippen LogP contribution in [0.25, 0.3) is 91.8 Å². The smallest absolute Gasteiger partial charge is 0.0634 e. The van der Waals surface area contributed by atoms with Gasteiger partial charge in [0.1, 0.15) is 0 Å². The molecule has 0 spiro atoms. The number of anilines is 3. The molecular formula is C74H68N2S. The lowest BCUT2D eigenvalue weighted by molar-refractivity contribution is 1.19. The quantitative estimate of drug-likeness (QED) is 0.144. The molecule has 0 N–H and O–H groups in total. The van der Waals surface area contributed by atoms with E-state index >= 15 is 0 Å². The van der Waals surface area contributed by atoms with Crippen LogP contribution in [0.4, 0.5) is 17.1 Å². The summed E-state index contributed by atoms with van der Waals surface area (Å²) in [5.74, 6) is 0. The van der Waals surface area contributed by atoms with E-state index in [1.165, 1.54) is 103 Å². The molecule has 380 valence electrons. The van der Waals surface area contributed by atoms with Crippen LogP contribution in [0.1, 0.15) is 52.7 Å². The Hall–Kier alpha value is -8.76. The Kier molecular flexibility index (Phi) is 17.4. The average Bonchev–Trinajstić information content (AvgIpc) is 4.29. The van der Waals surface area contributed by atoms with Gasteiger partial charge in [-0.15, -0.1) is 11.3 Å². The van der Waals surface area contributed by atoms with Crippen LogP contribution < -0.4 is 4.90 Å². The van der Waals surface area contributed by atoms with Crippen LogP contribution in [0.3, 0.4) is 0 Å². The zero-order chi connectivity index (χ0) is 53.7. The Labute approximate surface area is 460 Å². The second kappa shape index (κ2) is 25.2. The Morgan fingerprint density at radius 2 is 0.818 bits per heavy atom. The SMILES string of the molecule is C/C=C\C.CC.CC.Cc1ccccc1C.c1ccc(-c2ccc(N(c3ccc(-c4ccccc4)cc3)c3ccc(-c4cc5c6ccccc6n(-c6ccc7ccccc7c6)c5c5c4sc4ccccc45)cc3)cc2)cc1. The van der Waals surface area contributed by atoms with Crippen molar-refractivity contribution >= 4 is 81.1 Å². The number of hydrogen-bond donors (Lipinski definition) is 0. The summed E-state index contributed by atoms with van der Waals surface area (Å²) in [7, 11) is 0. The van der Waals surface area contributed by atoms with Crippen LogP contribution in [-0.4, -0.2) is 4.57 Å². The van der Waals surface area contributed by atoms with Crippen LogP contribution in [0, 0.1) is 13.8 Å². The maximum absolute atomic E-state index is 2.50. The van der Waals surface area contributed by atoms with Gasteiger partial charge in [-0.2, -0.15) is 0 Å². The lowest BCUT2D eigenvalue weighted by Gasteiger charge is -2.26. The number of aryl methyl sites for hydroxylation is 2. The summed E-state index contributed by atoms with van der Waals surface area (Å²) in [4.78, 5) is 2.36. The lowest BCUT2D eigenvalue weighted by atomic mass is 9.98. The number of fused-ring (bicyclic) bond motifs is 8. The first-order chi connectivity index (χ1) is 38.0. The molecule has 11 aromatic carbocycles. The highest BCUT2D eigenvalue weighted by Crippen LogP contribution is 2.48. The standard InChI is InChI=1S/C58H38N2S.C8H10.C4H8.2C2H6/c1-3-13-39(14-4-1)42-23-30-46(31-24-42)59(47-32-25-43(26-33-47)40-15-5-2-6-16-40)48-34-28-44(29-35-48)52-38-53-50-19-9-11-21-54(50)60(49-36-27-41-17-7-8-18-45(41)37-49)57(53)56-51-20-10-12-22-55(51)61-58(52)56;1-7-5-3-4-6-8(7)2;1-3-4-2;2*1-2/h1-38H;3-6H,1-2H3;3-4H,1-2H3;2*1-2H3/b;;4-3-;;. The lowest BCUT2D eigenvalue weighted by Crippen LogP contribution is -2.09.